The summed E-state index contributed by atoms with van der Waals surface area (Å²) in [5.74, 6) is 1.87. The summed E-state index contributed by atoms with van der Waals surface area (Å²) in [6.45, 7) is 5.76. The number of carbonyl (C=O) groups excluding carboxylic acids is 1. The number of nitrogens with one attached hydrogen (secondary N) is 2. The molecule has 1 saturated heterocycles. The van der Waals surface area contributed by atoms with Gasteiger partial charge in [-0.1, -0.05) is 0 Å². The van der Waals surface area contributed by atoms with E-state index in [1.54, 1.807) is 12.3 Å². The summed E-state index contributed by atoms with van der Waals surface area (Å²) in [6, 6.07) is 3.62. The summed E-state index contributed by atoms with van der Waals surface area (Å²) in [7, 11) is 1.99. The van der Waals surface area contributed by atoms with E-state index in [0.29, 0.717) is 12.5 Å². The maximum Gasteiger partial charge on any atom is 0.242 e. The molecule has 1 aliphatic rings. The van der Waals surface area contributed by atoms with Crippen LogP contribution in [0.1, 0.15) is 19.1 Å². The fraction of sp³-hybridized carbons (Fsp3) is 0.625. The van der Waals surface area contributed by atoms with Crippen molar-refractivity contribution in [1.82, 2.24) is 15.5 Å². The van der Waals surface area contributed by atoms with Crippen molar-refractivity contribution in [2.24, 2.45) is 10.9 Å². The first-order valence-electron chi connectivity index (χ1n) is 8.05. The van der Waals surface area contributed by atoms with E-state index in [1.165, 1.54) is 0 Å². The van der Waals surface area contributed by atoms with Crippen molar-refractivity contribution in [3.8, 4) is 0 Å². The summed E-state index contributed by atoms with van der Waals surface area (Å²) in [5, 5.41) is 6.01. The third-order valence-electron chi connectivity index (χ3n) is 3.66. The lowest BCUT2D eigenvalue weighted by molar-refractivity contribution is -0.119. The van der Waals surface area contributed by atoms with Gasteiger partial charge in [0.1, 0.15) is 12.3 Å². The highest BCUT2D eigenvalue weighted by Crippen LogP contribution is 2.13. The molecule has 136 valence electrons. The summed E-state index contributed by atoms with van der Waals surface area (Å²) in [4.78, 5) is 18.3. The second kappa shape index (κ2) is 11.3. The number of amides is 1. The molecule has 0 aromatic carbocycles. The number of carbonyl (C=O) groups is 1. The Morgan fingerprint density at radius 3 is 2.92 bits per heavy atom. The highest BCUT2D eigenvalue weighted by atomic mass is 127. The Kier molecular flexibility index (Phi) is 9.77. The van der Waals surface area contributed by atoms with Gasteiger partial charge in [0.15, 0.2) is 5.96 Å². The first kappa shape index (κ1) is 20.8. The fourth-order valence-corrected chi connectivity index (χ4v) is 2.47. The number of ether oxygens (including phenoxy) is 1. The molecule has 1 aromatic rings. The largest absolute Gasteiger partial charge is 0.467 e. The number of halogens is 1. The summed E-state index contributed by atoms with van der Waals surface area (Å²) >= 11 is 0. The van der Waals surface area contributed by atoms with Crippen molar-refractivity contribution in [3.05, 3.63) is 24.2 Å². The topological polar surface area (TPSA) is 79.1 Å². The minimum absolute atomic E-state index is 0. The molecule has 2 heterocycles. The highest BCUT2D eigenvalue weighted by molar-refractivity contribution is 14.0. The minimum Gasteiger partial charge on any atom is -0.467 e. The van der Waals surface area contributed by atoms with Crippen LogP contribution in [0.2, 0.25) is 0 Å². The van der Waals surface area contributed by atoms with E-state index in [2.05, 4.69) is 20.5 Å². The zero-order valence-electron chi connectivity index (χ0n) is 14.3. The Bertz CT molecular complexity index is 501. The molecule has 24 heavy (non-hydrogen) atoms. The number of rotatable bonds is 7. The molecule has 0 spiro atoms. The fourth-order valence-electron chi connectivity index (χ4n) is 2.47. The first-order valence-corrected chi connectivity index (χ1v) is 8.05. The van der Waals surface area contributed by atoms with Crippen molar-refractivity contribution in [1.29, 1.82) is 0 Å². The Balaban J connectivity index is 0.00000288. The molecule has 1 atom stereocenters. The molecule has 0 radical (unpaired) electrons. The molecule has 8 heteroatoms. The van der Waals surface area contributed by atoms with Gasteiger partial charge < -0.3 is 24.7 Å². The predicted molar refractivity (Wildman–Crippen MR) is 104 cm³/mol. The van der Waals surface area contributed by atoms with E-state index in [0.717, 1.165) is 44.4 Å². The van der Waals surface area contributed by atoms with Gasteiger partial charge in [0.25, 0.3) is 0 Å². The van der Waals surface area contributed by atoms with Crippen molar-refractivity contribution in [2.75, 3.05) is 39.9 Å². The van der Waals surface area contributed by atoms with Crippen LogP contribution in [-0.4, -0.2) is 56.7 Å². The van der Waals surface area contributed by atoms with E-state index < -0.39 is 0 Å². The maximum atomic E-state index is 11.9. The molecule has 1 unspecified atom stereocenters. The first-order chi connectivity index (χ1) is 11.2. The van der Waals surface area contributed by atoms with Crippen LogP contribution in [0.25, 0.3) is 0 Å². The van der Waals surface area contributed by atoms with Crippen LogP contribution in [0.3, 0.4) is 0 Å². The molecule has 0 bridgehead atoms. The van der Waals surface area contributed by atoms with E-state index in [9.17, 15) is 4.79 Å². The van der Waals surface area contributed by atoms with Gasteiger partial charge in [0, 0.05) is 32.7 Å². The van der Waals surface area contributed by atoms with Crippen molar-refractivity contribution in [2.45, 2.75) is 19.9 Å². The van der Waals surface area contributed by atoms with E-state index >= 15 is 0 Å². The van der Waals surface area contributed by atoms with Gasteiger partial charge in [0.05, 0.1) is 19.4 Å². The van der Waals surface area contributed by atoms with E-state index in [4.69, 9.17) is 9.15 Å². The normalized spacial score (nSPS) is 17.2. The van der Waals surface area contributed by atoms with Crippen LogP contribution in [0.5, 0.6) is 0 Å². The van der Waals surface area contributed by atoms with Crippen LogP contribution in [0.4, 0.5) is 0 Å². The smallest absolute Gasteiger partial charge is 0.242 e. The summed E-state index contributed by atoms with van der Waals surface area (Å²) in [5.41, 5.74) is 0. The second-order valence-electron chi connectivity index (χ2n) is 5.64. The lowest BCUT2D eigenvalue weighted by atomic mass is 10.1. The molecule has 1 aliphatic heterocycles. The van der Waals surface area contributed by atoms with Crippen LogP contribution in [0, 0.1) is 5.92 Å². The Labute approximate surface area is 160 Å². The van der Waals surface area contributed by atoms with Gasteiger partial charge in [-0.05, 0) is 25.5 Å². The molecule has 1 aromatic heterocycles. The Hall–Kier alpha value is -1.29. The van der Waals surface area contributed by atoms with Gasteiger partial charge in [-0.25, -0.2) is 4.99 Å². The zero-order chi connectivity index (χ0) is 16.5. The average Bonchev–Trinajstić information content (AvgIpc) is 3.22. The lowest BCUT2D eigenvalue weighted by Crippen LogP contribution is -2.42. The third-order valence-corrected chi connectivity index (χ3v) is 3.66. The Morgan fingerprint density at radius 1 is 1.46 bits per heavy atom. The number of aliphatic imine (C=N–C) groups is 1. The molecule has 0 aliphatic carbocycles. The molecule has 2 N–H and O–H groups in total. The second-order valence-corrected chi connectivity index (χ2v) is 5.64. The quantitative estimate of drug-likeness (QED) is 0.374. The number of furan rings is 1. The molecular formula is C16H27IN4O3. The highest BCUT2D eigenvalue weighted by Gasteiger charge is 2.19. The molecule has 2 rings (SSSR count). The Morgan fingerprint density at radius 2 is 2.29 bits per heavy atom. The van der Waals surface area contributed by atoms with Crippen LogP contribution in [-0.2, 0) is 16.1 Å². The van der Waals surface area contributed by atoms with Crippen LogP contribution < -0.4 is 10.6 Å². The van der Waals surface area contributed by atoms with Gasteiger partial charge in [-0.3, -0.25) is 4.79 Å². The van der Waals surface area contributed by atoms with Crippen molar-refractivity contribution >= 4 is 35.8 Å². The molecule has 1 fully saturated rings. The van der Waals surface area contributed by atoms with Gasteiger partial charge >= 0.3 is 0 Å². The number of guanidine groups is 1. The van der Waals surface area contributed by atoms with Gasteiger partial charge in [-0.2, -0.15) is 0 Å². The van der Waals surface area contributed by atoms with E-state index in [1.807, 2.05) is 20.0 Å². The zero-order valence-corrected chi connectivity index (χ0v) is 16.6. The van der Waals surface area contributed by atoms with Gasteiger partial charge in [-0.15, -0.1) is 24.0 Å². The average molecular weight is 450 g/mol. The van der Waals surface area contributed by atoms with Crippen LogP contribution >= 0.6 is 24.0 Å². The monoisotopic (exact) mass is 450 g/mol. The molecule has 0 saturated carbocycles. The van der Waals surface area contributed by atoms with Crippen molar-refractivity contribution < 1.29 is 13.9 Å². The molecular weight excluding hydrogens is 423 g/mol. The minimum atomic E-state index is -0.130. The lowest BCUT2D eigenvalue weighted by Gasteiger charge is -2.24. The molecule has 1 amide bonds. The van der Waals surface area contributed by atoms with Crippen LogP contribution in [0.15, 0.2) is 27.8 Å². The number of nitrogens with zero attached hydrogens (tertiary/aromatic N) is 2. The van der Waals surface area contributed by atoms with Crippen molar-refractivity contribution in [3.63, 3.8) is 0 Å². The van der Waals surface area contributed by atoms with E-state index in [-0.39, 0.29) is 36.4 Å². The third kappa shape index (κ3) is 7.08. The predicted octanol–water partition coefficient (Wildman–Crippen LogP) is 1.45. The van der Waals surface area contributed by atoms with Gasteiger partial charge in [0.2, 0.25) is 5.91 Å². The number of hydrogen-bond acceptors (Lipinski definition) is 4. The SMILES string of the molecule is CCNC(=NCC(=O)NCc1ccco1)N(C)CC1CCOC1.I. The maximum absolute atomic E-state index is 11.9. The molecule has 7 nitrogen and oxygen atoms in total. The summed E-state index contributed by atoms with van der Waals surface area (Å²) < 4.78 is 10.6. The summed E-state index contributed by atoms with van der Waals surface area (Å²) in [6.07, 6.45) is 2.66. The number of hydrogen-bond donors (Lipinski definition) is 2. The standard InChI is InChI=1S/C16H26N4O3.HI/c1-3-17-16(20(2)11-13-6-8-22-12-13)19-10-15(21)18-9-14-5-4-7-23-14;/h4-5,7,13H,3,6,8-12H2,1-2H3,(H,17,19)(H,18,21);1H.